The summed E-state index contributed by atoms with van der Waals surface area (Å²) < 4.78 is 19.8. The van der Waals surface area contributed by atoms with E-state index in [2.05, 4.69) is 5.32 Å². The molecule has 0 spiro atoms. The number of aliphatic hydroxyl groups excluding tert-OH is 1. The van der Waals surface area contributed by atoms with Gasteiger partial charge in [-0.1, -0.05) is 29.8 Å². The van der Waals surface area contributed by atoms with Crippen LogP contribution in [0.25, 0.3) is 11.6 Å². The van der Waals surface area contributed by atoms with Gasteiger partial charge in [-0.3, -0.25) is 0 Å². The first kappa shape index (κ1) is 16.8. The van der Waals surface area contributed by atoms with E-state index in [-0.39, 0.29) is 11.9 Å². The average Bonchev–Trinajstić information content (AvgIpc) is 2.54. The lowest BCUT2D eigenvalue weighted by atomic mass is 10.0. The third-order valence-electron chi connectivity index (χ3n) is 4.05. The van der Waals surface area contributed by atoms with Gasteiger partial charge in [-0.15, -0.1) is 0 Å². The van der Waals surface area contributed by atoms with Crippen LogP contribution in [0.2, 0.25) is 5.02 Å². The van der Waals surface area contributed by atoms with Crippen LogP contribution >= 0.6 is 11.6 Å². The standard InChI is InChI=1S/C19H19ClFNO2/c1-11(19-14(20)4-3-5-15(19)21)8-13-6-7-17-16(9-13)22-10-18(24-17)12(2)23/h3-9,12,18,22-23H,10H2,1-2H3. The van der Waals surface area contributed by atoms with Crippen molar-refractivity contribution in [1.29, 1.82) is 0 Å². The van der Waals surface area contributed by atoms with Crippen molar-refractivity contribution in [2.75, 3.05) is 11.9 Å². The first-order valence-electron chi connectivity index (χ1n) is 7.81. The van der Waals surface area contributed by atoms with Gasteiger partial charge in [-0.2, -0.15) is 0 Å². The maximum absolute atomic E-state index is 14.0. The molecule has 2 N–H and O–H groups in total. The van der Waals surface area contributed by atoms with Crippen molar-refractivity contribution in [1.82, 2.24) is 0 Å². The van der Waals surface area contributed by atoms with Crippen LogP contribution in [0, 0.1) is 5.82 Å². The van der Waals surface area contributed by atoms with Crippen molar-refractivity contribution < 1.29 is 14.2 Å². The molecule has 2 aromatic carbocycles. The number of benzene rings is 2. The fourth-order valence-electron chi connectivity index (χ4n) is 2.76. The highest BCUT2D eigenvalue weighted by Crippen LogP contribution is 2.33. The van der Waals surface area contributed by atoms with Crippen LogP contribution < -0.4 is 10.1 Å². The highest BCUT2D eigenvalue weighted by molar-refractivity contribution is 6.32. The summed E-state index contributed by atoms with van der Waals surface area (Å²) >= 11 is 6.11. The molecule has 1 heterocycles. The molecule has 0 saturated carbocycles. The second-order valence-electron chi connectivity index (χ2n) is 5.96. The van der Waals surface area contributed by atoms with Gasteiger partial charge in [-0.25, -0.2) is 4.39 Å². The van der Waals surface area contributed by atoms with Gasteiger partial charge < -0.3 is 15.2 Å². The summed E-state index contributed by atoms with van der Waals surface area (Å²) in [5, 5.41) is 13.3. The molecule has 0 aromatic heterocycles. The Morgan fingerprint density at radius 3 is 2.92 bits per heavy atom. The number of hydrogen-bond donors (Lipinski definition) is 2. The molecule has 0 bridgehead atoms. The van der Waals surface area contributed by atoms with Crippen LogP contribution in [0.5, 0.6) is 5.75 Å². The number of halogens is 2. The lowest BCUT2D eigenvalue weighted by Crippen LogP contribution is -2.39. The quantitative estimate of drug-likeness (QED) is 0.798. The van der Waals surface area contributed by atoms with Crippen molar-refractivity contribution in [2.45, 2.75) is 26.1 Å². The fraction of sp³-hybridized carbons (Fsp3) is 0.263. The molecule has 2 atom stereocenters. The largest absolute Gasteiger partial charge is 0.484 e. The fourth-order valence-corrected chi connectivity index (χ4v) is 3.07. The van der Waals surface area contributed by atoms with E-state index in [1.54, 1.807) is 19.1 Å². The predicted molar refractivity (Wildman–Crippen MR) is 96.0 cm³/mol. The SMILES string of the molecule is CC(=Cc1ccc2c(c1)NCC(C(C)O)O2)c1c(F)cccc1Cl. The molecule has 3 nitrogen and oxygen atoms in total. The molecule has 2 aromatic rings. The molecular weight excluding hydrogens is 329 g/mol. The third kappa shape index (κ3) is 3.40. The Kier molecular flexibility index (Phi) is 4.78. The van der Waals surface area contributed by atoms with E-state index in [1.165, 1.54) is 6.07 Å². The molecule has 0 amide bonds. The van der Waals surface area contributed by atoms with Gasteiger partial charge in [0, 0.05) is 5.56 Å². The maximum atomic E-state index is 14.0. The number of hydrogen-bond acceptors (Lipinski definition) is 3. The highest BCUT2D eigenvalue weighted by atomic mass is 35.5. The Labute approximate surface area is 145 Å². The van der Waals surface area contributed by atoms with Crippen molar-refractivity contribution in [3.8, 4) is 5.75 Å². The van der Waals surface area contributed by atoms with E-state index < -0.39 is 6.10 Å². The number of ether oxygens (including phenoxy) is 1. The van der Waals surface area contributed by atoms with E-state index in [9.17, 15) is 9.50 Å². The van der Waals surface area contributed by atoms with Crippen molar-refractivity contribution >= 4 is 28.9 Å². The van der Waals surface area contributed by atoms with Crippen LogP contribution in [-0.2, 0) is 0 Å². The summed E-state index contributed by atoms with van der Waals surface area (Å²) in [6, 6.07) is 10.3. The van der Waals surface area contributed by atoms with E-state index >= 15 is 0 Å². The third-order valence-corrected chi connectivity index (χ3v) is 4.37. The van der Waals surface area contributed by atoms with E-state index in [4.69, 9.17) is 16.3 Å². The van der Waals surface area contributed by atoms with Crippen LogP contribution in [0.3, 0.4) is 0 Å². The minimum absolute atomic E-state index is 0.266. The molecule has 2 unspecified atom stereocenters. The van der Waals surface area contributed by atoms with E-state index in [0.717, 1.165) is 16.8 Å². The topological polar surface area (TPSA) is 41.5 Å². The van der Waals surface area contributed by atoms with Crippen LogP contribution in [0.4, 0.5) is 10.1 Å². The van der Waals surface area contributed by atoms with Crippen molar-refractivity contribution in [3.63, 3.8) is 0 Å². The summed E-state index contributed by atoms with van der Waals surface area (Å²) in [5.41, 5.74) is 2.93. The van der Waals surface area contributed by atoms with E-state index in [1.807, 2.05) is 31.2 Å². The molecule has 126 valence electrons. The van der Waals surface area contributed by atoms with Crippen LogP contribution in [0.15, 0.2) is 36.4 Å². The normalized spacial score (nSPS) is 18.4. The molecule has 3 rings (SSSR count). The van der Waals surface area contributed by atoms with Crippen molar-refractivity contribution in [2.24, 2.45) is 0 Å². The molecule has 1 aliphatic rings. The summed E-state index contributed by atoms with van der Waals surface area (Å²) in [6.07, 6.45) is 1.07. The zero-order valence-corrected chi connectivity index (χ0v) is 14.3. The second-order valence-corrected chi connectivity index (χ2v) is 6.36. The van der Waals surface area contributed by atoms with Crippen molar-refractivity contribution in [3.05, 3.63) is 58.4 Å². The predicted octanol–water partition coefficient (Wildman–Crippen LogP) is 4.59. The average molecular weight is 348 g/mol. The molecule has 24 heavy (non-hydrogen) atoms. The minimum atomic E-state index is -0.546. The molecule has 0 saturated heterocycles. The Morgan fingerprint density at radius 1 is 1.42 bits per heavy atom. The summed E-state index contributed by atoms with van der Waals surface area (Å²) in [6.45, 7) is 4.07. The first-order chi connectivity index (χ1) is 11.5. The Balaban J connectivity index is 1.89. The maximum Gasteiger partial charge on any atom is 0.143 e. The lowest BCUT2D eigenvalue weighted by molar-refractivity contribution is 0.0530. The highest BCUT2D eigenvalue weighted by Gasteiger charge is 2.23. The second kappa shape index (κ2) is 6.83. The van der Waals surface area contributed by atoms with Gasteiger partial charge in [-0.05, 0) is 49.2 Å². The number of aliphatic hydroxyl groups is 1. The van der Waals surface area contributed by atoms with Gasteiger partial charge >= 0.3 is 0 Å². The Bertz CT molecular complexity index is 769. The van der Waals surface area contributed by atoms with Crippen LogP contribution in [-0.4, -0.2) is 23.9 Å². The number of rotatable bonds is 3. The van der Waals surface area contributed by atoms with E-state index in [0.29, 0.717) is 22.9 Å². The van der Waals surface area contributed by atoms with Gasteiger partial charge in [0.1, 0.15) is 17.7 Å². The summed E-state index contributed by atoms with van der Waals surface area (Å²) in [7, 11) is 0. The number of fused-ring (bicyclic) bond motifs is 1. The zero-order chi connectivity index (χ0) is 17.3. The zero-order valence-electron chi connectivity index (χ0n) is 13.5. The lowest BCUT2D eigenvalue weighted by Gasteiger charge is -2.29. The summed E-state index contributed by atoms with van der Waals surface area (Å²) in [5.74, 6) is 0.362. The van der Waals surface area contributed by atoms with Gasteiger partial charge in [0.15, 0.2) is 0 Å². The monoisotopic (exact) mass is 347 g/mol. The minimum Gasteiger partial charge on any atom is -0.484 e. The molecule has 1 aliphatic heterocycles. The number of nitrogens with one attached hydrogen (secondary N) is 1. The van der Waals surface area contributed by atoms with Gasteiger partial charge in [0.25, 0.3) is 0 Å². The molecular formula is C19H19ClFNO2. The molecule has 0 aliphatic carbocycles. The molecule has 5 heteroatoms. The van der Waals surface area contributed by atoms with Crippen LogP contribution in [0.1, 0.15) is 25.0 Å². The summed E-state index contributed by atoms with van der Waals surface area (Å²) in [4.78, 5) is 0. The smallest absolute Gasteiger partial charge is 0.143 e. The molecule has 0 fully saturated rings. The number of allylic oxidation sites excluding steroid dienone is 1. The first-order valence-corrected chi connectivity index (χ1v) is 8.19. The molecule has 0 radical (unpaired) electrons. The Hall–Kier alpha value is -2.04. The van der Waals surface area contributed by atoms with Gasteiger partial charge in [0.05, 0.1) is 23.4 Å². The number of anilines is 1. The van der Waals surface area contributed by atoms with Gasteiger partial charge in [0.2, 0.25) is 0 Å². The Morgan fingerprint density at radius 2 is 2.21 bits per heavy atom.